The summed E-state index contributed by atoms with van der Waals surface area (Å²) in [6, 6.07) is 6.61. The third kappa shape index (κ3) is 4.04. The highest BCUT2D eigenvalue weighted by Crippen LogP contribution is 2.27. The first-order chi connectivity index (χ1) is 12.7. The molecule has 0 aliphatic carbocycles. The van der Waals surface area contributed by atoms with Crippen LogP contribution >= 0.6 is 0 Å². The molecule has 0 aliphatic heterocycles. The number of hydrogen-bond acceptors (Lipinski definition) is 7. The molecule has 2 aromatic heterocycles. The first kappa shape index (κ1) is 17.1. The summed E-state index contributed by atoms with van der Waals surface area (Å²) in [5.74, 6) is 2.06. The largest absolute Gasteiger partial charge is 0.493 e. The van der Waals surface area contributed by atoms with Crippen LogP contribution in [0.5, 0.6) is 11.5 Å². The number of nitrogens with zero attached hydrogens (tertiary/aromatic N) is 5. The van der Waals surface area contributed by atoms with Crippen molar-refractivity contribution >= 4 is 11.8 Å². The van der Waals surface area contributed by atoms with E-state index in [9.17, 15) is 4.79 Å². The molecular weight excluding hydrogens is 338 g/mol. The van der Waals surface area contributed by atoms with Gasteiger partial charge in [-0.3, -0.25) is 5.32 Å². The highest BCUT2D eigenvalue weighted by atomic mass is 16.5. The number of methoxy groups -OCH3 is 2. The van der Waals surface area contributed by atoms with Gasteiger partial charge in [0.1, 0.15) is 24.8 Å². The van der Waals surface area contributed by atoms with Crippen LogP contribution in [0, 0.1) is 0 Å². The van der Waals surface area contributed by atoms with E-state index in [2.05, 4.69) is 30.7 Å². The molecule has 10 nitrogen and oxygen atoms in total. The van der Waals surface area contributed by atoms with Crippen molar-refractivity contribution < 1.29 is 14.3 Å². The van der Waals surface area contributed by atoms with Gasteiger partial charge in [-0.25, -0.2) is 24.4 Å². The SMILES string of the molecule is COc1ccc(CNC(=O)Nc2cc(-n3cncn3)ncn2)cc1OC. The molecule has 0 saturated carbocycles. The van der Waals surface area contributed by atoms with Gasteiger partial charge in [-0.15, -0.1) is 0 Å². The lowest BCUT2D eigenvalue weighted by atomic mass is 10.2. The molecule has 2 heterocycles. The first-order valence-electron chi connectivity index (χ1n) is 7.62. The van der Waals surface area contributed by atoms with E-state index >= 15 is 0 Å². The van der Waals surface area contributed by atoms with Gasteiger partial charge in [0.05, 0.1) is 14.2 Å². The number of carbonyl (C=O) groups is 1. The molecule has 2 N–H and O–H groups in total. The topological polar surface area (TPSA) is 116 Å². The second kappa shape index (κ2) is 7.92. The molecule has 0 aliphatic rings. The normalized spacial score (nSPS) is 10.2. The molecule has 0 fully saturated rings. The van der Waals surface area contributed by atoms with E-state index in [0.29, 0.717) is 29.7 Å². The summed E-state index contributed by atoms with van der Waals surface area (Å²) in [5.41, 5.74) is 0.865. The number of hydrogen-bond donors (Lipinski definition) is 2. The summed E-state index contributed by atoms with van der Waals surface area (Å²) in [5, 5.41) is 9.37. The van der Waals surface area contributed by atoms with E-state index in [0.717, 1.165) is 5.56 Å². The number of ether oxygens (including phenoxy) is 2. The Hall–Kier alpha value is -3.69. The zero-order valence-electron chi connectivity index (χ0n) is 14.2. The molecule has 0 unspecified atom stereocenters. The van der Waals surface area contributed by atoms with E-state index in [1.807, 2.05) is 6.07 Å². The van der Waals surface area contributed by atoms with Crippen molar-refractivity contribution in [3.05, 3.63) is 48.8 Å². The van der Waals surface area contributed by atoms with Crippen LogP contribution in [-0.2, 0) is 6.54 Å². The Morgan fingerprint density at radius 1 is 1.12 bits per heavy atom. The van der Waals surface area contributed by atoms with Gasteiger partial charge in [0.25, 0.3) is 0 Å². The van der Waals surface area contributed by atoms with Crippen molar-refractivity contribution in [1.82, 2.24) is 30.0 Å². The predicted molar refractivity (Wildman–Crippen MR) is 92.4 cm³/mol. The van der Waals surface area contributed by atoms with Crippen LogP contribution in [-0.4, -0.2) is 45.0 Å². The van der Waals surface area contributed by atoms with E-state index in [-0.39, 0.29) is 0 Å². The van der Waals surface area contributed by atoms with Crippen molar-refractivity contribution in [1.29, 1.82) is 0 Å². The molecule has 3 aromatic rings. The lowest BCUT2D eigenvalue weighted by Crippen LogP contribution is -2.28. The maximum atomic E-state index is 12.1. The van der Waals surface area contributed by atoms with Crippen LogP contribution in [0.2, 0.25) is 0 Å². The number of nitrogens with one attached hydrogen (secondary N) is 2. The summed E-state index contributed by atoms with van der Waals surface area (Å²) in [6.07, 6.45) is 4.23. The number of rotatable bonds is 6. The Morgan fingerprint density at radius 3 is 2.69 bits per heavy atom. The molecule has 2 amide bonds. The summed E-state index contributed by atoms with van der Waals surface area (Å²) < 4.78 is 11.9. The molecule has 3 rings (SSSR count). The molecule has 1 aromatic carbocycles. The van der Waals surface area contributed by atoms with Crippen LogP contribution in [0.25, 0.3) is 5.82 Å². The minimum absolute atomic E-state index is 0.313. The summed E-state index contributed by atoms with van der Waals surface area (Å²) in [7, 11) is 3.13. The third-order valence-electron chi connectivity index (χ3n) is 3.45. The molecular formula is C16H17N7O3. The average molecular weight is 355 g/mol. The standard InChI is InChI=1S/C16H17N7O3/c1-25-12-4-3-11(5-13(12)26-2)7-18-16(24)22-14-6-15(20-9-19-14)23-10-17-8-21-23/h3-6,8-10H,7H2,1-2H3,(H2,18,19,20,22,24). The lowest BCUT2D eigenvalue weighted by Gasteiger charge is -2.11. The van der Waals surface area contributed by atoms with Gasteiger partial charge < -0.3 is 14.8 Å². The van der Waals surface area contributed by atoms with Crippen LogP contribution in [0.4, 0.5) is 10.6 Å². The summed E-state index contributed by atoms with van der Waals surface area (Å²) >= 11 is 0. The minimum Gasteiger partial charge on any atom is -0.493 e. The predicted octanol–water partition coefficient (Wildman–Crippen LogP) is 1.40. The molecule has 0 radical (unpaired) electrons. The second-order valence-electron chi connectivity index (χ2n) is 5.10. The Balaban J connectivity index is 1.60. The summed E-state index contributed by atoms with van der Waals surface area (Å²) in [6.45, 7) is 0.313. The minimum atomic E-state index is -0.400. The average Bonchev–Trinajstić information content (AvgIpc) is 3.21. The Morgan fingerprint density at radius 2 is 1.96 bits per heavy atom. The van der Waals surface area contributed by atoms with E-state index in [4.69, 9.17) is 9.47 Å². The fourth-order valence-electron chi connectivity index (χ4n) is 2.20. The third-order valence-corrected chi connectivity index (χ3v) is 3.45. The smallest absolute Gasteiger partial charge is 0.320 e. The second-order valence-corrected chi connectivity index (χ2v) is 5.10. The van der Waals surface area contributed by atoms with Crippen molar-refractivity contribution in [3.8, 4) is 17.3 Å². The van der Waals surface area contributed by atoms with Crippen LogP contribution < -0.4 is 20.1 Å². The van der Waals surface area contributed by atoms with E-state index in [1.54, 1.807) is 32.4 Å². The van der Waals surface area contributed by atoms with Gasteiger partial charge in [0.15, 0.2) is 17.3 Å². The summed E-state index contributed by atoms with van der Waals surface area (Å²) in [4.78, 5) is 24.0. The number of benzene rings is 1. The van der Waals surface area contributed by atoms with E-state index in [1.165, 1.54) is 23.7 Å². The molecule has 0 saturated heterocycles. The zero-order valence-corrected chi connectivity index (χ0v) is 14.2. The van der Waals surface area contributed by atoms with E-state index < -0.39 is 6.03 Å². The zero-order chi connectivity index (χ0) is 18.4. The van der Waals surface area contributed by atoms with Gasteiger partial charge in [0, 0.05) is 12.6 Å². The maximum Gasteiger partial charge on any atom is 0.320 e. The quantitative estimate of drug-likeness (QED) is 0.686. The first-order valence-corrected chi connectivity index (χ1v) is 7.62. The Bertz CT molecular complexity index is 883. The Labute approximate surface area is 149 Å². The van der Waals surface area contributed by atoms with Crippen molar-refractivity contribution in [3.63, 3.8) is 0 Å². The fraction of sp³-hybridized carbons (Fsp3) is 0.188. The van der Waals surface area contributed by atoms with Gasteiger partial charge in [-0.1, -0.05) is 6.07 Å². The highest BCUT2D eigenvalue weighted by molar-refractivity contribution is 5.88. The van der Waals surface area contributed by atoms with Crippen molar-refractivity contribution in [2.75, 3.05) is 19.5 Å². The van der Waals surface area contributed by atoms with Gasteiger partial charge in [-0.05, 0) is 17.7 Å². The monoisotopic (exact) mass is 355 g/mol. The fourth-order valence-corrected chi connectivity index (χ4v) is 2.20. The van der Waals surface area contributed by atoms with Gasteiger partial charge in [-0.2, -0.15) is 5.10 Å². The maximum absolute atomic E-state index is 12.1. The highest BCUT2D eigenvalue weighted by Gasteiger charge is 2.08. The van der Waals surface area contributed by atoms with Crippen LogP contribution in [0.15, 0.2) is 43.2 Å². The molecule has 0 spiro atoms. The Kier molecular flexibility index (Phi) is 5.22. The van der Waals surface area contributed by atoms with Gasteiger partial charge >= 0.3 is 6.03 Å². The molecule has 134 valence electrons. The molecule has 0 bridgehead atoms. The number of urea groups is 1. The van der Waals surface area contributed by atoms with Crippen molar-refractivity contribution in [2.45, 2.75) is 6.54 Å². The number of anilines is 1. The van der Waals surface area contributed by atoms with Crippen LogP contribution in [0.3, 0.4) is 0 Å². The molecule has 0 atom stereocenters. The molecule has 26 heavy (non-hydrogen) atoms. The van der Waals surface area contributed by atoms with Crippen molar-refractivity contribution in [2.24, 2.45) is 0 Å². The number of aromatic nitrogens is 5. The van der Waals surface area contributed by atoms with Gasteiger partial charge in [0.2, 0.25) is 0 Å². The number of amides is 2. The number of carbonyl (C=O) groups excluding carboxylic acids is 1. The molecule has 10 heteroatoms. The van der Waals surface area contributed by atoms with Crippen LogP contribution in [0.1, 0.15) is 5.56 Å². The lowest BCUT2D eigenvalue weighted by molar-refractivity contribution is 0.251.